The number of pyridine rings is 1. The maximum absolute atomic E-state index is 11.6. The third-order valence-corrected chi connectivity index (χ3v) is 6.31. The van der Waals surface area contributed by atoms with E-state index in [1.807, 2.05) is 18.2 Å². The zero-order valence-electron chi connectivity index (χ0n) is 17.3. The number of rotatable bonds is 4. The molecule has 0 spiro atoms. The van der Waals surface area contributed by atoms with Gasteiger partial charge in [-0.25, -0.2) is 9.78 Å². The molecule has 29 heavy (non-hydrogen) atoms. The number of carbonyl (C=O) groups is 1. The van der Waals surface area contributed by atoms with E-state index >= 15 is 0 Å². The number of aryl methyl sites for hydroxylation is 1. The van der Waals surface area contributed by atoms with Crippen LogP contribution in [0.3, 0.4) is 0 Å². The molecule has 4 rings (SSSR count). The summed E-state index contributed by atoms with van der Waals surface area (Å²) in [6.45, 7) is 4.33. The SMILES string of the molecule is [B]c1ccnc2c1cc([C@H](C)N1CCC(c3ccc(C(=O)OC)cc3)CC1)n2C. The molecule has 5 nitrogen and oxygen atoms in total. The lowest BCUT2D eigenvalue weighted by Gasteiger charge is -2.36. The van der Waals surface area contributed by atoms with Gasteiger partial charge in [-0.15, -0.1) is 0 Å². The van der Waals surface area contributed by atoms with Crippen LogP contribution in [0, 0.1) is 0 Å². The van der Waals surface area contributed by atoms with Crippen molar-refractivity contribution < 1.29 is 9.53 Å². The van der Waals surface area contributed by atoms with Crippen LogP contribution >= 0.6 is 0 Å². The van der Waals surface area contributed by atoms with E-state index in [1.165, 1.54) is 18.4 Å². The molecule has 1 fully saturated rings. The first-order valence-electron chi connectivity index (χ1n) is 10.1. The fourth-order valence-corrected chi connectivity index (χ4v) is 4.48. The van der Waals surface area contributed by atoms with Crippen molar-refractivity contribution in [3.8, 4) is 0 Å². The lowest BCUT2D eigenvalue weighted by molar-refractivity contribution is 0.0600. The summed E-state index contributed by atoms with van der Waals surface area (Å²) in [5, 5.41) is 1.03. The van der Waals surface area contributed by atoms with Gasteiger partial charge in [0.15, 0.2) is 0 Å². The molecule has 0 bridgehead atoms. The lowest BCUT2D eigenvalue weighted by Crippen LogP contribution is -2.35. The van der Waals surface area contributed by atoms with Gasteiger partial charge in [0.1, 0.15) is 13.5 Å². The number of fused-ring (bicyclic) bond motifs is 1. The average molecular weight is 387 g/mol. The topological polar surface area (TPSA) is 47.4 Å². The van der Waals surface area contributed by atoms with Crippen LogP contribution < -0.4 is 5.46 Å². The van der Waals surface area contributed by atoms with Crippen LogP contribution in [0.2, 0.25) is 0 Å². The van der Waals surface area contributed by atoms with E-state index in [0.717, 1.165) is 42.4 Å². The number of nitrogens with zero attached hydrogens (tertiary/aromatic N) is 3. The Balaban J connectivity index is 1.45. The summed E-state index contributed by atoms with van der Waals surface area (Å²) in [6, 6.07) is 12.2. The fraction of sp³-hybridized carbons (Fsp3) is 0.391. The second kappa shape index (κ2) is 8.03. The Hall–Kier alpha value is -2.60. The minimum Gasteiger partial charge on any atom is -0.465 e. The van der Waals surface area contributed by atoms with Gasteiger partial charge < -0.3 is 9.30 Å². The normalized spacial score (nSPS) is 16.8. The summed E-state index contributed by atoms with van der Waals surface area (Å²) in [5.74, 6) is 0.236. The predicted octanol–water partition coefficient (Wildman–Crippen LogP) is 3.09. The van der Waals surface area contributed by atoms with Crippen molar-refractivity contribution in [3.05, 3.63) is 59.4 Å². The second-order valence-electron chi connectivity index (χ2n) is 7.87. The highest BCUT2D eigenvalue weighted by atomic mass is 16.5. The molecule has 1 atom stereocenters. The number of aromatic nitrogens is 2. The Morgan fingerprint density at radius 3 is 2.52 bits per heavy atom. The quantitative estimate of drug-likeness (QED) is 0.510. The number of benzene rings is 1. The molecule has 0 unspecified atom stereocenters. The van der Waals surface area contributed by atoms with Crippen LogP contribution in [0.4, 0.5) is 0 Å². The summed E-state index contributed by atoms with van der Waals surface area (Å²) >= 11 is 0. The predicted molar refractivity (Wildman–Crippen MR) is 116 cm³/mol. The number of likely N-dealkylation sites (tertiary alicyclic amines) is 1. The van der Waals surface area contributed by atoms with Crippen LogP contribution in [0.5, 0.6) is 0 Å². The van der Waals surface area contributed by atoms with Crippen LogP contribution in [0.25, 0.3) is 11.0 Å². The summed E-state index contributed by atoms with van der Waals surface area (Å²) < 4.78 is 6.94. The first kappa shape index (κ1) is 19.7. The van der Waals surface area contributed by atoms with Gasteiger partial charge in [-0.2, -0.15) is 0 Å². The van der Waals surface area contributed by atoms with Crippen LogP contribution in [-0.2, 0) is 11.8 Å². The van der Waals surface area contributed by atoms with Gasteiger partial charge >= 0.3 is 5.97 Å². The van der Waals surface area contributed by atoms with E-state index in [0.29, 0.717) is 17.5 Å². The monoisotopic (exact) mass is 387 g/mol. The molecule has 1 aromatic carbocycles. The molecule has 1 aliphatic heterocycles. The third kappa shape index (κ3) is 3.69. The number of hydrogen-bond acceptors (Lipinski definition) is 4. The number of ether oxygens (including phenoxy) is 1. The Morgan fingerprint density at radius 1 is 1.21 bits per heavy atom. The number of esters is 1. The van der Waals surface area contributed by atoms with Gasteiger partial charge in [0, 0.05) is 30.4 Å². The fourth-order valence-electron chi connectivity index (χ4n) is 4.48. The van der Waals surface area contributed by atoms with E-state index in [2.05, 4.69) is 46.6 Å². The van der Waals surface area contributed by atoms with Crippen molar-refractivity contribution in [1.82, 2.24) is 14.5 Å². The molecule has 0 saturated carbocycles. The lowest BCUT2D eigenvalue weighted by atomic mass is 9.88. The number of piperidine rings is 1. The molecular weight excluding hydrogens is 361 g/mol. The molecule has 0 aliphatic carbocycles. The van der Waals surface area contributed by atoms with E-state index < -0.39 is 0 Å². The van der Waals surface area contributed by atoms with Gasteiger partial charge in [-0.1, -0.05) is 23.7 Å². The molecule has 6 heteroatoms. The Kier molecular flexibility index (Phi) is 5.46. The Bertz CT molecular complexity index is 1020. The summed E-state index contributed by atoms with van der Waals surface area (Å²) in [7, 11) is 9.62. The minimum absolute atomic E-state index is 0.287. The van der Waals surface area contributed by atoms with E-state index in [9.17, 15) is 4.79 Å². The molecule has 3 aromatic rings. The first-order chi connectivity index (χ1) is 14.0. The van der Waals surface area contributed by atoms with Crippen LogP contribution in [0.15, 0.2) is 42.6 Å². The van der Waals surface area contributed by atoms with Crippen molar-refractivity contribution >= 4 is 30.3 Å². The highest BCUT2D eigenvalue weighted by Gasteiger charge is 2.26. The van der Waals surface area contributed by atoms with Crippen molar-refractivity contribution in [2.45, 2.75) is 31.7 Å². The van der Waals surface area contributed by atoms with E-state index in [1.54, 1.807) is 6.20 Å². The molecule has 148 valence electrons. The minimum atomic E-state index is -0.287. The van der Waals surface area contributed by atoms with Crippen LogP contribution in [-0.4, -0.2) is 48.5 Å². The maximum Gasteiger partial charge on any atom is 0.337 e. The third-order valence-electron chi connectivity index (χ3n) is 6.31. The standard InChI is InChI=1S/C23H26BN3O2/c1-15(21-14-19-20(24)8-11-25-22(19)26(21)2)27-12-9-17(10-13-27)16-4-6-18(7-5-16)23(28)29-3/h4-8,11,14-15,17H,9-10,12-13H2,1-3H3/t15-/m0/s1. The first-order valence-corrected chi connectivity index (χ1v) is 10.1. The number of carbonyl (C=O) groups excluding carboxylic acids is 1. The van der Waals surface area contributed by atoms with Crippen molar-refractivity contribution in [2.24, 2.45) is 7.05 Å². The number of methoxy groups -OCH3 is 1. The van der Waals surface area contributed by atoms with Gasteiger partial charge in [0.25, 0.3) is 0 Å². The zero-order chi connectivity index (χ0) is 20.5. The number of hydrogen-bond donors (Lipinski definition) is 0. The van der Waals surface area contributed by atoms with Gasteiger partial charge in [-0.3, -0.25) is 4.90 Å². The summed E-state index contributed by atoms with van der Waals surface area (Å²) in [6.07, 6.45) is 3.97. The molecule has 3 heterocycles. The second-order valence-corrected chi connectivity index (χ2v) is 7.87. The van der Waals surface area contributed by atoms with Gasteiger partial charge in [0.2, 0.25) is 0 Å². The smallest absolute Gasteiger partial charge is 0.337 e. The van der Waals surface area contributed by atoms with E-state index in [-0.39, 0.29) is 5.97 Å². The summed E-state index contributed by atoms with van der Waals surface area (Å²) in [4.78, 5) is 18.7. The van der Waals surface area contributed by atoms with Gasteiger partial charge in [-0.05, 0) is 62.5 Å². The van der Waals surface area contributed by atoms with Crippen molar-refractivity contribution in [3.63, 3.8) is 0 Å². The molecule has 1 saturated heterocycles. The Labute approximate surface area is 173 Å². The molecule has 2 radical (unpaired) electrons. The zero-order valence-corrected chi connectivity index (χ0v) is 17.3. The van der Waals surface area contributed by atoms with E-state index in [4.69, 9.17) is 12.6 Å². The van der Waals surface area contributed by atoms with Crippen molar-refractivity contribution in [2.75, 3.05) is 20.2 Å². The highest BCUT2D eigenvalue weighted by Crippen LogP contribution is 2.33. The average Bonchev–Trinajstić information content (AvgIpc) is 3.11. The van der Waals surface area contributed by atoms with Crippen LogP contribution in [0.1, 0.15) is 53.3 Å². The largest absolute Gasteiger partial charge is 0.465 e. The molecular formula is C23H26BN3O2. The molecule has 2 aromatic heterocycles. The Morgan fingerprint density at radius 2 is 1.90 bits per heavy atom. The van der Waals surface area contributed by atoms with Crippen molar-refractivity contribution in [1.29, 1.82) is 0 Å². The molecule has 0 amide bonds. The highest BCUT2D eigenvalue weighted by molar-refractivity contribution is 6.38. The van der Waals surface area contributed by atoms with Gasteiger partial charge in [0.05, 0.1) is 12.7 Å². The molecule has 0 N–H and O–H groups in total. The molecule has 1 aliphatic rings. The summed E-state index contributed by atoms with van der Waals surface area (Å²) in [5.41, 5.74) is 4.86. The maximum atomic E-state index is 11.6.